The lowest BCUT2D eigenvalue weighted by atomic mass is 9.93. The number of benzene rings is 1. The number of nitrogens with one attached hydrogen (secondary N) is 2. The summed E-state index contributed by atoms with van der Waals surface area (Å²) in [5.74, 6) is -1.06. The minimum Gasteiger partial charge on any atom is -0.480 e. The minimum absolute atomic E-state index is 0.291. The molecule has 0 saturated heterocycles. The van der Waals surface area contributed by atoms with Crippen molar-refractivity contribution < 1.29 is 14.7 Å². The van der Waals surface area contributed by atoms with Gasteiger partial charge in [0.15, 0.2) is 0 Å². The van der Waals surface area contributed by atoms with Gasteiger partial charge in [-0.25, -0.2) is 9.59 Å². The first-order chi connectivity index (χ1) is 9.47. The predicted molar refractivity (Wildman–Crippen MR) is 74.3 cm³/mol. The zero-order valence-corrected chi connectivity index (χ0v) is 11.4. The van der Waals surface area contributed by atoms with E-state index in [2.05, 4.69) is 10.6 Å². The summed E-state index contributed by atoms with van der Waals surface area (Å²) in [7, 11) is 0. The largest absolute Gasteiger partial charge is 0.480 e. The number of hydrogen-bond donors (Lipinski definition) is 3. The van der Waals surface area contributed by atoms with Crippen molar-refractivity contribution in [2.24, 2.45) is 0 Å². The van der Waals surface area contributed by atoms with E-state index in [1.54, 1.807) is 38.1 Å². The lowest BCUT2D eigenvalue weighted by Crippen LogP contribution is -2.54. The maximum absolute atomic E-state index is 11.9. The van der Waals surface area contributed by atoms with Crippen LogP contribution in [0.5, 0.6) is 0 Å². The molecule has 20 heavy (non-hydrogen) atoms. The van der Waals surface area contributed by atoms with Crippen molar-refractivity contribution in [1.29, 1.82) is 5.26 Å². The fourth-order valence-corrected chi connectivity index (χ4v) is 1.79. The van der Waals surface area contributed by atoms with Crippen molar-refractivity contribution in [1.82, 2.24) is 5.32 Å². The lowest BCUT2D eigenvalue weighted by Gasteiger charge is -2.28. The van der Waals surface area contributed by atoms with Gasteiger partial charge in [-0.15, -0.1) is 0 Å². The van der Waals surface area contributed by atoms with Crippen LogP contribution in [-0.2, 0) is 4.79 Å². The Hall–Kier alpha value is -2.55. The first-order valence-electron chi connectivity index (χ1n) is 6.30. The first kappa shape index (κ1) is 15.5. The van der Waals surface area contributed by atoms with Crippen molar-refractivity contribution >= 4 is 17.7 Å². The number of carbonyl (C=O) groups excluding carboxylic acids is 1. The summed E-state index contributed by atoms with van der Waals surface area (Å²) in [6, 6.07) is 7.69. The maximum Gasteiger partial charge on any atom is 0.329 e. The van der Waals surface area contributed by atoms with Gasteiger partial charge in [0.05, 0.1) is 11.6 Å². The van der Waals surface area contributed by atoms with E-state index in [9.17, 15) is 14.7 Å². The first-order valence-corrected chi connectivity index (χ1v) is 6.30. The van der Waals surface area contributed by atoms with Gasteiger partial charge in [0.2, 0.25) is 0 Å². The zero-order valence-electron chi connectivity index (χ0n) is 11.4. The number of carboxylic acids is 1. The molecule has 106 valence electrons. The average Bonchev–Trinajstić information content (AvgIpc) is 2.45. The molecule has 0 aromatic heterocycles. The summed E-state index contributed by atoms with van der Waals surface area (Å²) in [6.45, 7) is 3.42. The molecule has 6 heteroatoms. The van der Waals surface area contributed by atoms with Crippen LogP contribution in [0.25, 0.3) is 0 Å². The lowest BCUT2D eigenvalue weighted by molar-refractivity contribution is -0.144. The van der Waals surface area contributed by atoms with Crippen molar-refractivity contribution in [3.05, 3.63) is 29.8 Å². The summed E-state index contributed by atoms with van der Waals surface area (Å²) in [6.07, 6.45) is 0.583. The molecule has 0 saturated carbocycles. The van der Waals surface area contributed by atoms with Crippen LogP contribution < -0.4 is 10.6 Å². The van der Waals surface area contributed by atoms with Crippen LogP contribution in [0.2, 0.25) is 0 Å². The van der Waals surface area contributed by atoms with Crippen LogP contribution in [-0.4, -0.2) is 22.6 Å². The Bertz CT molecular complexity index is 528. The molecule has 3 N–H and O–H groups in total. The van der Waals surface area contributed by atoms with Crippen molar-refractivity contribution in [3.63, 3.8) is 0 Å². The molecular formula is C14H17N3O3. The number of nitriles is 1. The van der Waals surface area contributed by atoms with E-state index in [1.807, 2.05) is 6.07 Å². The molecule has 0 spiro atoms. The molecule has 1 rings (SSSR count). The van der Waals surface area contributed by atoms with Crippen molar-refractivity contribution in [3.8, 4) is 6.07 Å². The molecule has 2 amide bonds. The van der Waals surface area contributed by atoms with Gasteiger partial charge in [0, 0.05) is 5.69 Å². The smallest absolute Gasteiger partial charge is 0.329 e. The molecular weight excluding hydrogens is 258 g/mol. The van der Waals surface area contributed by atoms with E-state index in [0.717, 1.165) is 0 Å². The Morgan fingerprint density at radius 1 is 1.25 bits per heavy atom. The van der Waals surface area contributed by atoms with Crippen molar-refractivity contribution in [2.45, 2.75) is 32.2 Å². The highest BCUT2D eigenvalue weighted by Crippen LogP contribution is 2.16. The van der Waals surface area contributed by atoms with E-state index in [-0.39, 0.29) is 0 Å². The van der Waals surface area contributed by atoms with Gasteiger partial charge in [0.25, 0.3) is 0 Å². The van der Waals surface area contributed by atoms with Gasteiger partial charge in [-0.05, 0) is 37.1 Å². The zero-order chi connectivity index (χ0) is 15.2. The third-order valence-corrected chi connectivity index (χ3v) is 3.24. The van der Waals surface area contributed by atoms with Gasteiger partial charge >= 0.3 is 12.0 Å². The van der Waals surface area contributed by atoms with E-state index >= 15 is 0 Å². The van der Waals surface area contributed by atoms with Crippen LogP contribution >= 0.6 is 0 Å². The Kier molecular flexibility index (Phi) is 5.09. The Morgan fingerprint density at radius 3 is 2.20 bits per heavy atom. The summed E-state index contributed by atoms with van der Waals surface area (Å²) < 4.78 is 0. The molecule has 6 nitrogen and oxygen atoms in total. The van der Waals surface area contributed by atoms with Gasteiger partial charge in [-0.1, -0.05) is 13.8 Å². The highest BCUT2D eigenvalue weighted by molar-refractivity contribution is 5.93. The van der Waals surface area contributed by atoms with Crippen LogP contribution in [0.1, 0.15) is 32.3 Å². The molecule has 0 aliphatic heterocycles. The van der Waals surface area contributed by atoms with Crippen LogP contribution in [0.15, 0.2) is 24.3 Å². The molecule has 1 aromatic rings. The molecule has 1 aromatic carbocycles. The van der Waals surface area contributed by atoms with Crippen LogP contribution in [0.4, 0.5) is 10.5 Å². The second-order valence-corrected chi connectivity index (χ2v) is 4.36. The third-order valence-electron chi connectivity index (χ3n) is 3.24. The fraction of sp³-hybridized carbons (Fsp3) is 0.357. The summed E-state index contributed by atoms with van der Waals surface area (Å²) in [4.78, 5) is 23.1. The fourth-order valence-electron chi connectivity index (χ4n) is 1.79. The number of amides is 2. The molecule has 0 aliphatic carbocycles. The van der Waals surface area contributed by atoms with E-state index in [0.29, 0.717) is 24.1 Å². The summed E-state index contributed by atoms with van der Waals surface area (Å²) in [5.41, 5.74) is -0.289. The average molecular weight is 275 g/mol. The third kappa shape index (κ3) is 3.48. The predicted octanol–water partition coefficient (Wildman–Crippen LogP) is 2.32. The number of rotatable bonds is 5. The van der Waals surface area contributed by atoms with Crippen LogP contribution in [0, 0.1) is 11.3 Å². The molecule has 0 fully saturated rings. The Labute approximate surface area is 117 Å². The number of nitrogens with zero attached hydrogens (tertiary/aromatic N) is 1. The Morgan fingerprint density at radius 2 is 1.80 bits per heavy atom. The minimum atomic E-state index is -1.27. The number of carbonyl (C=O) groups is 2. The number of carboxylic acid groups (broad SMARTS) is 1. The summed E-state index contributed by atoms with van der Waals surface area (Å²) >= 11 is 0. The van der Waals surface area contributed by atoms with E-state index in [4.69, 9.17) is 5.26 Å². The molecule has 0 aliphatic rings. The second-order valence-electron chi connectivity index (χ2n) is 4.36. The van der Waals surface area contributed by atoms with Gasteiger partial charge in [0.1, 0.15) is 5.54 Å². The summed E-state index contributed by atoms with van der Waals surface area (Å²) in [5, 5.41) is 22.9. The molecule has 0 heterocycles. The van der Waals surface area contributed by atoms with Crippen molar-refractivity contribution in [2.75, 3.05) is 5.32 Å². The van der Waals surface area contributed by atoms with Gasteiger partial charge in [-0.3, -0.25) is 0 Å². The second kappa shape index (κ2) is 6.57. The monoisotopic (exact) mass is 275 g/mol. The molecule has 0 radical (unpaired) electrons. The molecule has 0 atom stereocenters. The number of aliphatic carboxylic acids is 1. The Balaban J connectivity index is 2.75. The van der Waals surface area contributed by atoms with Gasteiger partial charge < -0.3 is 15.7 Å². The normalized spacial score (nSPS) is 10.4. The molecule has 0 unspecified atom stereocenters. The maximum atomic E-state index is 11.9. The van der Waals surface area contributed by atoms with Crippen LogP contribution in [0.3, 0.4) is 0 Å². The van der Waals surface area contributed by atoms with E-state index in [1.165, 1.54) is 0 Å². The molecule has 0 bridgehead atoms. The van der Waals surface area contributed by atoms with E-state index < -0.39 is 17.5 Å². The topological polar surface area (TPSA) is 102 Å². The SMILES string of the molecule is CCC(CC)(NC(=O)Nc1ccc(C#N)cc1)C(=O)O. The number of anilines is 1. The highest BCUT2D eigenvalue weighted by Gasteiger charge is 2.36. The number of hydrogen-bond acceptors (Lipinski definition) is 3. The quantitative estimate of drug-likeness (QED) is 0.767. The van der Waals surface area contributed by atoms with Gasteiger partial charge in [-0.2, -0.15) is 5.26 Å². The standard InChI is InChI=1S/C14H17N3O3/c1-3-14(4-2,12(18)19)17-13(20)16-11-7-5-10(9-15)6-8-11/h5-8H,3-4H2,1-2H3,(H,18,19)(H2,16,17,20). The number of urea groups is 1. The highest BCUT2D eigenvalue weighted by atomic mass is 16.4.